The first kappa shape index (κ1) is 23.5. The summed E-state index contributed by atoms with van der Waals surface area (Å²) in [5.41, 5.74) is 1.89. The molecule has 1 N–H and O–H groups in total. The highest BCUT2D eigenvalue weighted by atomic mass is 19.1. The fraction of sp³-hybridized carbons (Fsp3) is 0.333. The van der Waals surface area contributed by atoms with Gasteiger partial charge in [0.15, 0.2) is 0 Å². The predicted molar refractivity (Wildman–Crippen MR) is 127 cm³/mol. The summed E-state index contributed by atoms with van der Waals surface area (Å²) in [4.78, 5) is 27.7. The Bertz CT molecular complexity index is 1060. The van der Waals surface area contributed by atoms with Crippen molar-refractivity contribution in [3.8, 4) is 0 Å². The van der Waals surface area contributed by atoms with Gasteiger partial charge in [-0.3, -0.25) is 9.59 Å². The zero-order valence-corrected chi connectivity index (χ0v) is 19.0. The van der Waals surface area contributed by atoms with E-state index in [1.165, 1.54) is 12.1 Å². The highest BCUT2D eigenvalue weighted by Gasteiger charge is 2.26. The molecule has 0 spiro atoms. The van der Waals surface area contributed by atoms with Crippen LogP contribution in [0.2, 0.25) is 0 Å². The minimum absolute atomic E-state index is 0.0309. The molecule has 5 heteroatoms. The monoisotopic (exact) mass is 434 g/mol. The molecule has 0 aliphatic heterocycles. The summed E-state index contributed by atoms with van der Waals surface area (Å²) in [6, 6.07) is 19.7. The van der Waals surface area contributed by atoms with Crippen molar-refractivity contribution in [1.82, 2.24) is 10.2 Å². The van der Waals surface area contributed by atoms with Crippen LogP contribution >= 0.6 is 0 Å². The van der Waals surface area contributed by atoms with Gasteiger partial charge in [-0.05, 0) is 60.7 Å². The summed E-state index contributed by atoms with van der Waals surface area (Å²) < 4.78 is 13.3. The average Bonchev–Trinajstić information content (AvgIpc) is 2.81. The lowest BCUT2D eigenvalue weighted by Crippen LogP contribution is -2.49. The van der Waals surface area contributed by atoms with Crippen molar-refractivity contribution in [2.45, 2.75) is 58.7 Å². The van der Waals surface area contributed by atoms with Crippen molar-refractivity contribution >= 4 is 22.6 Å². The van der Waals surface area contributed by atoms with E-state index in [0.29, 0.717) is 6.42 Å². The zero-order chi connectivity index (χ0) is 23.1. The average molecular weight is 435 g/mol. The van der Waals surface area contributed by atoms with Gasteiger partial charge in [-0.25, -0.2) is 4.39 Å². The number of hydrogen-bond acceptors (Lipinski definition) is 2. The molecule has 168 valence electrons. The lowest BCUT2D eigenvalue weighted by Gasteiger charge is -2.30. The van der Waals surface area contributed by atoms with Gasteiger partial charge < -0.3 is 10.2 Å². The molecule has 0 bridgehead atoms. The number of fused-ring (bicyclic) bond motifs is 1. The van der Waals surface area contributed by atoms with Crippen LogP contribution in [0.3, 0.4) is 0 Å². The molecule has 0 aliphatic carbocycles. The van der Waals surface area contributed by atoms with Crippen LogP contribution in [0, 0.1) is 5.82 Å². The van der Waals surface area contributed by atoms with Crippen LogP contribution in [0.1, 0.15) is 44.7 Å². The Labute approximate surface area is 189 Å². The lowest BCUT2D eigenvalue weighted by molar-refractivity contribution is -0.140. The van der Waals surface area contributed by atoms with E-state index in [1.54, 1.807) is 24.0 Å². The van der Waals surface area contributed by atoms with Gasteiger partial charge in [0.05, 0.1) is 0 Å². The molecule has 0 aromatic heterocycles. The molecule has 4 nitrogen and oxygen atoms in total. The third-order valence-corrected chi connectivity index (χ3v) is 5.92. The van der Waals surface area contributed by atoms with Gasteiger partial charge in [-0.15, -0.1) is 0 Å². The van der Waals surface area contributed by atoms with Crippen molar-refractivity contribution in [3.05, 3.63) is 83.7 Å². The molecule has 0 fully saturated rings. The van der Waals surface area contributed by atoms with E-state index in [0.717, 1.165) is 28.3 Å². The number of nitrogens with one attached hydrogen (secondary N) is 1. The Hall–Kier alpha value is -3.21. The highest BCUT2D eigenvalue weighted by molar-refractivity contribution is 5.89. The van der Waals surface area contributed by atoms with Crippen molar-refractivity contribution < 1.29 is 14.0 Å². The lowest BCUT2D eigenvalue weighted by atomic mass is 10.0. The first-order valence-electron chi connectivity index (χ1n) is 11.2. The van der Waals surface area contributed by atoms with Crippen molar-refractivity contribution in [1.29, 1.82) is 0 Å². The SMILES string of the molecule is CC[C@@H](C)NC(=O)[C@H](C)N(Cc1ccc(F)cc1)C(=O)CCc1cccc2ccccc12. The van der Waals surface area contributed by atoms with Crippen molar-refractivity contribution in [3.63, 3.8) is 0 Å². The van der Waals surface area contributed by atoms with Crippen molar-refractivity contribution in [2.24, 2.45) is 0 Å². The van der Waals surface area contributed by atoms with Gasteiger partial charge in [0.2, 0.25) is 11.8 Å². The quantitative estimate of drug-likeness (QED) is 0.500. The van der Waals surface area contributed by atoms with Crippen LogP contribution in [0.15, 0.2) is 66.7 Å². The number of benzene rings is 3. The second kappa shape index (κ2) is 10.9. The van der Waals surface area contributed by atoms with E-state index in [-0.39, 0.29) is 36.6 Å². The molecule has 2 amide bonds. The molecule has 3 aromatic carbocycles. The first-order chi connectivity index (χ1) is 15.4. The first-order valence-corrected chi connectivity index (χ1v) is 11.2. The highest BCUT2D eigenvalue weighted by Crippen LogP contribution is 2.21. The van der Waals surface area contributed by atoms with Crippen LogP contribution in [0.4, 0.5) is 4.39 Å². The molecule has 2 atom stereocenters. The molecule has 0 heterocycles. The molecular formula is C27H31FN2O2. The molecule has 0 saturated carbocycles. The van der Waals surface area contributed by atoms with Gasteiger partial charge in [0.1, 0.15) is 11.9 Å². The van der Waals surface area contributed by atoms with Crippen molar-refractivity contribution in [2.75, 3.05) is 0 Å². The predicted octanol–water partition coefficient (Wildman–Crippen LogP) is 5.24. The molecule has 0 unspecified atom stereocenters. The van der Waals surface area contributed by atoms with E-state index >= 15 is 0 Å². The molecule has 3 rings (SSSR count). The fourth-order valence-corrected chi connectivity index (χ4v) is 3.73. The van der Waals surface area contributed by atoms with Gasteiger partial charge in [-0.2, -0.15) is 0 Å². The van der Waals surface area contributed by atoms with E-state index in [1.807, 2.05) is 38.1 Å². The maximum absolute atomic E-state index is 13.3. The van der Waals surface area contributed by atoms with Crippen LogP contribution in [-0.2, 0) is 22.6 Å². The minimum Gasteiger partial charge on any atom is -0.352 e. The minimum atomic E-state index is -0.630. The number of nitrogens with zero attached hydrogens (tertiary/aromatic N) is 1. The molecular weight excluding hydrogens is 403 g/mol. The van der Waals surface area contributed by atoms with Gasteiger partial charge in [0, 0.05) is 19.0 Å². The van der Waals surface area contributed by atoms with Crippen LogP contribution in [0.5, 0.6) is 0 Å². The van der Waals surface area contributed by atoms with E-state index < -0.39 is 6.04 Å². The van der Waals surface area contributed by atoms with E-state index in [4.69, 9.17) is 0 Å². The second-order valence-corrected chi connectivity index (χ2v) is 8.28. The molecule has 0 saturated heterocycles. The van der Waals surface area contributed by atoms with Gasteiger partial charge in [-0.1, -0.05) is 61.5 Å². The third-order valence-electron chi connectivity index (χ3n) is 5.92. The molecule has 0 radical (unpaired) electrons. The molecule has 0 aliphatic rings. The summed E-state index contributed by atoms with van der Waals surface area (Å²) in [6.07, 6.45) is 1.68. The number of aryl methyl sites for hydroxylation is 1. The normalized spacial score (nSPS) is 12.9. The third kappa shape index (κ3) is 5.94. The zero-order valence-electron chi connectivity index (χ0n) is 19.0. The van der Waals surface area contributed by atoms with E-state index in [2.05, 4.69) is 23.5 Å². The Kier molecular flexibility index (Phi) is 7.98. The fourth-order valence-electron chi connectivity index (χ4n) is 3.73. The number of carbonyl (C=O) groups is 2. The van der Waals surface area contributed by atoms with Gasteiger partial charge >= 0.3 is 0 Å². The standard InChI is InChI=1S/C27H31FN2O2/c1-4-19(2)29-27(32)20(3)30(18-21-12-15-24(28)16-13-21)26(31)17-14-23-10-7-9-22-8-5-6-11-25(22)23/h5-13,15-16,19-20H,4,14,17-18H2,1-3H3,(H,29,32)/t19-,20+/m1/s1. The summed E-state index contributed by atoms with van der Waals surface area (Å²) in [5, 5.41) is 5.24. The second-order valence-electron chi connectivity index (χ2n) is 8.28. The smallest absolute Gasteiger partial charge is 0.242 e. The molecule has 32 heavy (non-hydrogen) atoms. The number of rotatable bonds is 9. The van der Waals surface area contributed by atoms with Crippen LogP contribution in [-0.4, -0.2) is 28.8 Å². The van der Waals surface area contributed by atoms with E-state index in [9.17, 15) is 14.0 Å². The van der Waals surface area contributed by atoms with Gasteiger partial charge in [0.25, 0.3) is 0 Å². The number of carbonyl (C=O) groups excluding carboxylic acids is 2. The number of halogens is 1. The number of amides is 2. The topological polar surface area (TPSA) is 49.4 Å². The van der Waals surface area contributed by atoms with Crippen LogP contribution < -0.4 is 5.32 Å². The maximum atomic E-state index is 13.3. The summed E-state index contributed by atoms with van der Waals surface area (Å²) in [5.74, 6) is -0.612. The maximum Gasteiger partial charge on any atom is 0.242 e. The Morgan fingerprint density at radius 1 is 0.969 bits per heavy atom. The Morgan fingerprint density at radius 3 is 2.38 bits per heavy atom. The summed E-state index contributed by atoms with van der Waals surface area (Å²) in [6.45, 7) is 5.94. The summed E-state index contributed by atoms with van der Waals surface area (Å²) >= 11 is 0. The molecule has 3 aromatic rings. The largest absolute Gasteiger partial charge is 0.352 e. The Balaban J connectivity index is 1.78. The van der Waals surface area contributed by atoms with Crippen LogP contribution in [0.25, 0.3) is 10.8 Å². The summed E-state index contributed by atoms with van der Waals surface area (Å²) in [7, 11) is 0. The Morgan fingerprint density at radius 2 is 1.66 bits per heavy atom. The number of hydrogen-bond donors (Lipinski definition) is 1.